The maximum Gasteiger partial charge on any atom is 0.0175 e. The summed E-state index contributed by atoms with van der Waals surface area (Å²) in [4.78, 5) is 2.58. The summed E-state index contributed by atoms with van der Waals surface area (Å²) in [6.07, 6.45) is 4.76. The van der Waals surface area contributed by atoms with E-state index < -0.39 is 0 Å². The molecule has 0 amide bonds. The molecule has 0 radical (unpaired) electrons. The maximum atomic E-state index is 3.47. The van der Waals surface area contributed by atoms with Crippen molar-refractivity contribution >= 4 is 22.0 Å². The van der Waals surface area contributed by atoms with Gasteiger partial charge in [0.15, 0.2) is 0 Å². The Morgan fingerprint density at radius 1 is 1.06 bits per heavy atom. The van der Waals surface area contributed by atoms with Gasteiger partial charge in [0, 0.05) is 23.1 Å². The van der Waals surface area contributed by atoms with Crippen LogP contribution in [-0.2, 0) is 0 Å². The number of likely N-dealkylation sites (tertiary alicyclic amines) is 1. The Kier molecular flexibility index (Phi) is 4.29. The molecule has 0 aromatic heterocycles. The first-order valence-corrected chi connectivity index (χ1v) is 7.44. The lowest BCUT2D eigenvalue weighted by Gasteiger charge is -2.39. The molecule has 1 aromatic carbocycles. The van der Waals surface area contributed by atoms with Crippen molar-refractivity contribution in [1.29, 1.82) is 0 Å². The summed E-state index contributed by atoms with van der Waals surface area (Å²) in [5.74, 6) is 0. The fraction of sp³-hybridized carbons (Fsp3) is 0.500. The van der Waals surface area contributed by atoms with Gasteiger partial charge < -0.3 is 0 Å². The summed E-state index contributed by atoms with van der Waals surface area (Å²) in [6, 6.07) is 8.56. The average molecular weight is 308 g/mol. The summed E-state index contributed by atoms with van der Waals surface area (Å²) in [5.41, 5.74) is 3.21. The van der Waals surface area contributed by atoms with Crippen LogP contribution in [0.3, 0.4) is 0 Å². The van der Waals surface area contributed by atoms with Gasteiger partial charge in [0.2, 0.25) is 0 Å². The molecule has 0 atom stereocenters. The number of hydrogen-bond donors (Lipinski definition) is 0. The quantitative estimate of drug-likeness (QED) is 0.725. The van der Waals surface area contributed by atoms with Crippen LogP contribution in [-0.4, -0.2) is 23.5 Å². The van der Waals surface area contributed by atoms with Crippen molar-refractivity contribution in [3.63, 3.8) is 0 Å². The Labute approximate surface area is 119 Å². The van der Waals surface area contributed by atoms with Crippen LogP contribution in [0, 0.1) is 0 Å². The van der Waals surface area contributed by atoms with E-state index in [1.54, 1.807) is 5.57 Å². The Morgan fingerprint density at radius 3 is 2.11 bits per heavy atom. The highest BCUT2D eigenvalue weighted by Gasteiger charge is 2.24. The lowest BCUT2D eigenvalue weighted by molar-refractivity contribution is 0.126. The molecule has 98 valence electrons. The standard InChI is InChI=1S/C16H22BrN/c1-16(2,3)18-10-8-14(9-11-18)12-13-4-6-15(17)7-5-13/h4-7,12H,8-11H2,1-3H3. The summed E-state index contributed by atoms with van der Waals surface area (Å²) >= 11 is 3.47. The first-order valence-electron chi connectivity index (χ1n) is 6.65. The van der Waals surface area contributed by atoms with Crippen LogP contribution in [0.1, 0.15) is 39.2 Å². The number of rotatable bonds is 1. The molecule has 1 aliphatic rings. The van der Waals surface area contributed by atoms with Crippen molar-refractivity contribution in [2.75, 3.05) is 13.1 Å². The Bertz CT molecular complexity index is 415. The molecule has 2 rings (SSSR count). The highest BCUT2D eigenvalue weighted by molar-refractivity contribution is 9.10. The molecule has 1 saturated heterocycles. The summed E-state index contributed by atoms with van der Waals surface area (Å²) in [6.45, 7) is 9.28. The van der Waals surface area contributed by atoms with Gasteiger partial charge in [0.05, 0.1) is 0 Å². The van der Waals surface area contributed by atoms with Crippen molar-refractivity contribution in [2.24, 2.45) is 0 Å². The SMILES string of the molecule is CC(C)(C)N1CCC(=Cc2ccc(Br)cc2)CC1. The van der Waals surface area contributed by atoms with Gasteiger partial charge in [-0.1, -0.05) is 39.7 Å². The monoisotopic (exact) mass is 307 g/mol. The van der Waals surface area contributed by atoms with Gasteiger partial charge in [-0.2, -0.15) is 0 Å². The first kappa shape index (κ1) is 13.8. The molecule has 0 N–H and O–H groups in total. The Hall–Kier alpha value is -0.600. The van der Waals surface area contributed by atoms with Crippen LogP contribution in [0.4, 0.5) is 0 Å². The molecule has 1 aromatic rings. The molecule has 1 fully saturated rings. The number of hydrogen-bond acceptors (Lipinski definition) is 1. The lowest BCUT2D eigenvalue weighted by atomic mass is 9.96. The van der Waals surface area contributed by atoms with Crippen LogP contribution >= 0.6 is 15.9 Å². The van der Waals surface area contributed by atoms with Crippen LogP contribution in [0.5, 0.6) is 0 Å². The number of benzene rings is 1. The van der Waals surface area contributed by atoms with E-state index in [-0.39, 0.29) is 0 Å². The minimum Gasteiger partial charge on any atom is -0.298 e. The van der Waals surface area contributed by atoms with Gasteiger partial charge in [0.1, 0.15) is 0 Å². The van der Waals surface area contributed by atoms with E-state index in [1.165, 1.54) is 31.5 Å². The molecule has 0 saturated carbocycles. The highest BCUT2D eigenvalue weighted by atomic mass is 79.9. The topological polar surface area (TPSA) is 3.24 Å². The van der Waals surface area contributed by atoms with Gasteiger partial charge in [-0.3, -0.25) is 4.90 Å². The second kappa shape index (κ2) is 5.58. The van der Waals surface area contributed by atoms with E-state index in [0.29, 0.717) is 5.54 Å². The molecule has 0 spiro atoms. The van der Waals surface area contributed by atoms with Crippen molar-refractivity contribution in [3.05, 3.63) is 39.9 Å². The zero-order valence-corrected chi connectivity index (χ0v) is 13.1. The predicted molar refractivity (Wildman–Crippen MR) is 82.7 cm³/mol. The molecule has 0 aliphatic carbocycles. The van der Waals surface area contributed by atoms with Crippen molar-refractivity contribution < 1.29 is 0 Å². The van der Waals surface area contributed by atoms with Crippen molar-refractivity contribution in [1.82, 2.24) is 4.90 Å². The third-order valence-electron chi connectivity index (χ3n) is 3.60. The highest BCUT2D eigenvalue weighted by Crippen LogP contribution is 2.25. The van der Waals surface area contributed by atoms with Crippen LogP contribution < -0.4 is 0 Å². The van der Waals surface area contributed by atoms with E-state index in [9.17, 15) is 0 Å². The minimum atomic E-state index is 0.309. The Balaban J connectivity index is 1.99. The van der Waals surface area contributed by atoms with Crippen molar-refractivity contribution in [2.45, 2.75) is 39.2 Å². The first-order chi connectivity index (χ1) is 8.45. The molecule has 18 heavy (non-hydrogen) atoms. The van der Waals surface area contributed by atoms with Gasteiger partial charge in [-0.25, -0.2) is 0 Å². The predicted octanol–water partition coefficient (Wildman–Crippen LogP) is 4.73. The molecule has 0 bridgehead atoms. The zero-order chi connectivity index (χ0) is 13.2. The largest absolute Gasteiger partial charge is 0.298 e. The molecule has 0 unspecified atom stereocenters. The van der Waals surface area contributed by atoms with E-state index >= 15 is 0 Å². The molecular weight excluding hydrogens is 286 g/mol. The van der Waals surface area contributed by atoms with Gasteiger partial charge in [-0.15, -0.1) is 0 Å². The number of piperidine rings is 1. The summed E-state index contributed by atoms with van der Waals surface area (Å²) in [5, 5.41) is 0. The molecule has 1 heterocycles. The molecule has 1 nitrogen and oxygen atoms in total. The molecule has 2 heteroatoms. The van der Waals surface area contributed by atoms with Gasteiger partial charge in [-0.05, 0) is 51.3 Å². The summed E-state index contributed by atoms with van der Waals surface area (Å²) in [7, 11) is 0. The van der Waals surface area contributed by atoms with Gasteiger partial charge in [0.25, 0.3) is 0 Å². The third-order valence-corrected chi connectivity index (χ3v) is 4.12. The average Bonchev–Trinajstić information content (AvgIpc) is 2.32. The number of nitrogens with zero attached hydrogens (tertiary/aromatic N) is 1. The van der Waals surface area contributed by atoms with E-state index in [1.807, 2.05) is 0 Å². The minimum absolute atomic E-state index is 0.309. The normalized spacial score (nSPS) is 17.9. The Morgan fingerprint density at radius 2 is 1.61 bits per heavy atom. The van der Waals surface area contributed by atoms with Gasteiger partial charge >= 0.3 is 0 Å². The molecular formula is C16H22BrN. The fourth-order valence-corrected chi connectivity index (χ4v) is 2.67. The molecule has 1 aliphatic heterocycles. The second-order valence-corrected chi connectivity index (χ2v) is 6.93. The number of halogens is 1. The lowest BCUT2D eigenvalue weighted by Crippen LogP contribution is -2.44. The van der Waals surface area contributed by atoms with Crippen LogP contribution in [0.25, 0.3) is 6.08 Å². The smallest absolute Gasteiger partial charge is 0.0175 e. The van der Waals surface area contributed by atoms with E-state index in [0.717, 1.165) is 4.47 Å². The fourth-order valence-electron chi connectivity index (χ4n) is 2.40. The summed E-state index contributed by atoms with van der Waals surface area (Å²) < 4.78 is 1.15. The van der Waals surface area contributed by atoms with Crippen LogP contribution in [0.2, 0.25) is 0 Å². The van der Waals surface area contributed by atoms with Crippen LogP contribution in [0.15, 0.2) is 34.3 Å². The maximum absolute atomic E-state index is 3.47. The second-order valence-electron chi connectivity index (χ2n) is 6.01. The van der Waals surface area contributed by atoms with E-state index in [4.69, 9.17) is 0 Å². The third kappa shape index (κ3) is 3.69. The van der Waals surface area contributed by atoms with Crippen molar-refractivity contribution in [3.8, 4) is 0 Å². The zero-order valence-electron chi connectivity index (χ0n) is 11.5. The van der Waals surface area contributed by atoms with E-state index in [2.05, 4.69) is 71.9 Å².